The van der Waals surface area contributed by atoms with E-state index in [1.54, 1.807) is 0 Å². The van der Waals surface area contributed by atoms with Crippen molar-refractivity contribution in [3.8, 4) is 0 Å². The quantitative estimate of drug-likeness (QED) is 0.0543. The van der Waals surface area contributed by atoms with Crippen molar-refractivity contribution in [2.45, 2.75) is 82.9 Å². The predicted molar refractivity (Wildman–Crippen MR) is 254 cm³/mol. The van der Waals surface area contributed by atoms with Crippen LogP contribution in [-0.4, -0.2) is 36.6 Å². The molecule has 64 heavy (non-hydrogen) atoms. The summed E-state index contributed by atoms with van der Waals surface area (Å²) < 4.78 is 9.86. The van der Waals surface area contributed by atoms with E-state index in [0.717, 1.165) is 85.3 Å². The van der Waals surface area contributed by atoms with E-state index < -0.39 is 0 Å². The first-order valence-electron chi connectivity index (χ1n) is 22.6. The van der Waals surface area contributed by atoms with Gasteiger partial charge in [-0.05, 0) is 88.6 Å². The van der Waals surface area contributed by atoms with Crippen LogP contribution in [-0.2, 0) is 50.2 Å². The van der Waals surface area contributed by atoms with E-state index in [-0.39, 0.29) is 18.1 Å². The highest BCUT2D eigenvalue weighted by Crippen LogP contribution is 2.25. The van der Waals surface area contributed by atoms with Gasteiger partial charge < -0.3 is 21.5 Å². The van der Waals surface area contributed by atoms with Gasteiger partial charge in [-0.15, -0.1) is 10.2 Å². The molecule has 2 heterocycles. The fourth-order valence-electron chi connectivity index (χ4n) is 8.13. The molecular formula is C54H59N9O. The van der Waals surface area contributed by atoms with E-state index in [1.165, 1.54) is 27.8 Å². The molecule has 10 nitrogen and oxygen atoms in total. The third-order valence-electron chi connectivity index (χ3n) is 11.8. The van der Waals surface area contributed by atoms with Crippen LogP contribution >= 0.6 is 0 Å². The van der Waals surface area contributed by atoms with Crippen molar-refractivity contribution in [1.29, 1.82) is 0 Å². The van der Waals surface area contributed by atoms with Gasteiger partial charge in [0, 0.05) is 32.4 Å². The maximum atomic E-state index is 6.50. The molecule has 5 N–H and O–H groups in total. The van der Waals surface area contributed by atoms with Gasteiger partial charge in [-0.3, -0.25) is 9.36 Å². The van der Waals surface area contributed by atoms with Crippen molar-refractivity contribution in [3.63, 3.8) is 0 Å². The summed E-state index contributed by atoms with van der Waals surface area (Å²) in [5.41, 5.74) is 25.5. The highest BCUT2D eigenvalue weighted by Gasteiger charge is 2.15. The van der Waals surface area contributed by atoms with Crippen LogP contribution in [0.3, 0.4) is 0 Å². The molecule has 0 spiro atoms. The lowest BCUT2D eigenvalue weighted by Gasteiger charge is -2.20. The molecule has 0 aliphatic carbocycles. The van der Waals surface area contributed by atoms with E-state index in [0.29, 0.717) is 19.8 Å². The van der Waals surface area contributed by atoms with Gasteiger partial charge in [0.2, 0.25) is 0 Å². The maximum absolute atomic E-state index is 6.50. The second-order valence-corrected chi connectivity index (χ2v) is 16.5. The Bertz CT molecular complexity index is 2560. The Kier molecular flexibility index (Phi) is 15.6. The zero-order valence-electron chi connectivity index (χ0n) is 36.5. The molecule has 0 bridgehead atoms. The first kappa shape index (κ1) is 44.1. The van der Waals surface area contributed by atoms with Gasteiger partial charge in [0.05, 0.1) is 36.6 Å². The van der Waals surface area contributed by atoms with Crippen molar-refractivity contribution in [2.75, 3.05) is 6.61 Å². The summed E-state index contributed by atoms with van der Waals surface area (Å²) in [6.45, 7) is 3.33. The lowest BCUT2D eigenvalue weighted by atomic mass is 9.97. The monoisotopic (exact) mass is 849 g/mol. The van der Waals surface area contributed by atoms with Gasteiger partial charge in [-0.1, -0.05) is 174 Å². The Morgan fingerprint density at radius 1 is 0.453 bits per heavy atom. The van der Waals surface area contributed by atoms with Crippen LogP contribution in [0.25, 0.3) is 0 Å². The fourth-order valence-corrected chi connectivity index (χ4v) is 8.13. The van der Waals surface area contributed by atoms with Crippen LogP contribution in [0.2, 0.25) is 0 Å². The van der Waals surface area contributed by atoms with E-state index in [9.17, 15) is 0 Å². The van der Waals surface area contributed by atoms with Crippen molar-refractivity contribution < 1.29 is 4.74 Å². The van der Waals surface area contributed by atoms with Crippen LogP contribution in [0.15, 0.2) is 176 Å². The summed E-state index contributed by atoms with van der Waals surface area (Å²) in [4.78, 5) is 0. The number of nitrogens with zero attached hydrogens (tertiary/aromatic N) is 6. The number of hydrogen-bond acceptors (Lipinski definition) is 8. The topological polar surface area (TPSA) is 135 Å². The number of nitrogens with one attached hydrogen (secondary N) is 1. The lowest BCUT2D eigenvalue weighted by Crippen LogP contribution is -2.22. The van der Waals surface area contributed by atoms with Crippen LogP contribution in [0.1, 0.15) is 98.8 Å². The van der Waals surface area contributed by atoms with Crippen molar-refractivity contribution >= 4 is 0 Å². The van der Waals surface area contributed by atoms with E-state index in [4.69, 9.17) is 16.2 Å². The minimum Gasteiger partial charge on any atom is -0.375 e. The molecule has 0 aliphatic rings. The molecule has 3 atom stereocenters. The van der Waals surface area contributed by atoms with Crippen LogP contribution < -0.4 is 16.8 Å². The lowest BCUT2D eigenvalue weighted by molar-refractivity contribution is 0.116. The van der Waals surface area contributed by atoms with E-state index >= 15 is 0 Å². The summed E-state index contributed by atoms with van der Waals surface area (Å²) >= 11 is 0. The molecule has 0 aliphatic heterocycles. The number of aryl methyl sites for hydroxylation is 5. The highest BCUT2D eigenvalue weighted by molar-refractivity contribution is 5.36. The molecule has 0 unspecified atom stereocenters. The average Bonchev–Trinajstić information content (AvgIpc) is 4.02. The zero-order valence-corrected chi connectivity index (χ0v) is 36.5. The molecule has 0 saturated heterocycles. The average molecular weight is 850 g/mol. The van der Waals surface area contributed by atoms with Gasteiger partial charge >= 0.3 is 0 Å². The molecule has 6 aromatic carbocycles. The van der Waals surface area contributed by atoms with Gasteiger partial charge in [-0.25, -0.2) is 0 Å². The summed E-state index contributed by atoms with van der Waals surface area (Å²) in [6, 6.07) is 57.0. The third-order valence-corrected chi connectivity index (χ3v) is 11.8. The summed E-state index contributed by atoms with van der Waals surface area (Å²) in [7, 11) is 0. The molecule has 2 aromatic heterocycles. The van der Waals surface area contributed by atoms with Crippen molar-refractivity contribution in [2.24, 2.45) is 11.5 Å². The van der Waals surface area contributed by atoms with E-state index in [1.807, 2.05) is 52.0 Å². The van der Waals surface area contributed by atoms with Crippen LogP contribution in [0, 0.1) is 0 Å². The molecule has 0 saturated carbocycles. The number of nitrogens with two attached hydrogens (primary N) is 2. The third kappa shape index (κ3) is 12.5. The van der Waals surface area contributed by atoms with Crippen molar-refractivity contribution in [1.82, 2.24) is 35.3 Å². The fraction of sp³-hybridized carbons (Fsp3) is 0.259. The van der Waals surface area contributed by atoms with Gasteiger partial charge in [-0.2, -0.15) is 0 Å². The Hall–Kier alpha value is -6.56. The maximum Gasteiger partial charge on any atom is 0.108 e. The second kappa shape index (κ2) is 22.7. The molecule has 0 radical (unpaired) electrons. The Morgan fingerprint density at radius 2 is 0.844 bits per heavy atom. The van der Waals surface area contributed by atoms with Crippen molar-refractivity contribution in [3.05, 3.63) is 238 Å². The standard InChI is InChI=1S/C54H59N9O/c55-52(44-16-4-1-5-17-44)46-28-22-41(23-29-46)13-10-34-62-38-50(58-60-62)37-57-54(48-20-8-3-9-21-48)49-32-26-43(27-33-49)15-12-36-64-40-51-39-63(61-59-51)35-11-14-42-24-30-47(31-25-42)53(56)45-18-6-2-7-19-45/h1-9,16-33,38-39,52-54,57H,10-15,34-37,40,55-56H2/t52-,53-,54-/m0/s1. The molecule has 326 valence electrons. The minimum atomic E-state index is -0.118. The smallest absolute Gasteiger partial charge is 0.108 e. The summed E-state index contributed by atoms with van der Waals surface area (Å²) in [5, 5.41) is 21.3. The Balaban J connectivity index is 0.736. The molecule has 8 aromatic rings. The van der Waals surface area contributed by atoms with Crippen LogP contribution in [0.5, 0.6) is 0 Å². The summed E-state index contributed by atoms with van der Waals surface area (Å²) in [5.74, 6) is 0. The number of aromatic nitrogens is 6. The first-order chi connectivity index (χ1) is 31.5. The number of rotatable bonds is 23. The Labute approximate surface area is 377 Å². The van der Waals surface area contributed by atoms with Gasteiger partial charge in [0.25, 0.3) is 0 Å². The molecular weight excluding hydrogens is 791 g/mol. The van der Waals surface area contributed by atoms with Gasteiger partial charge in [0.1, 0.15) is 5.69 Å². The Morgan fingerprint density at radius 3 is 1.34 bits per heavy atom. The zero-order chi connectivity index (χ0) is 43.8. The second-order valence-electron chi connectivity index (χ2n) is 16.5. The predicted octanol–water partition coefficient (Wildman–Crippen LogP) is 9.26. The minimum absolute atomic E-state index is 0.0197. The molecule has 8 rings (SSSR count). The SMILES string of the molecule is N[C@@H](c1ccccc1)c1ccc(CCCn2cc(CN[C@@H](c3ccccc3)c3ccc(CCCOCc4cn(CCCc5ccc([C@@H](N)c6ccccc6)cc5)nn4)cc3)nn2)cc1. The molecule has 10 heteroatoms. The first-order valence-corrected chi connectivity index (χ1v) is 22.6. The highest BCUT2D eigenvalue weighted by atomic mass is 16.5. The molecule has 0 amide bonds. The number of ether oxygens (including phenoxy) is 1. The molecule has 0 fully saturated rings. The van der Waals surface area contributed by atoms with E-state index in [2.05, 4.69) is 160 Å². The number of benzene rings is 6. The van der Waals surface area contributed by atoms with Gasteiger partial charge in [0.15, 0.2) is 0 Å². The normalized spacial score (nSPS) is 12.8. The number of hydrogen-bond donors (Lipinski definition) is 3. The van der Waals surface area contributed by atoms with Crippen LogP contribution in [0.4, 0.5) is 0 Å². The largest absolute Gasteiger partial charge is 0.375 e. The summed E-state index contributed by atoms with van der Waals surface area (Å²) in [6.07, 6.45) is 9.78.